The van der Waals surface area contributed by atoms with Gasteiger partial charge in [-0.1, -0.05) is 39.3 Å². The second-order valence-electron chi connectivity index (χ2n) is 6.01. The third-order valence-corrected chi connectivity index (χ3v) is 4.58. The van der Waals surface area contributed by atoms with Crippen molar-refractivity contribution < 1.29 is 4.39 Å². The van der Waals surface area contributed by atoms with Crippen molar-refractivity contribution >= 4 is 14.2 Å². The van der Waals surface area contributed by atoms with E-state index in [0.29, 0.717) is 12.5 Å². The number of nitrogens with zero attached hydrogens (tertiary/aromatic N) is 2. The SMILES string of the molecule is CCCC(CC)n1cc(C(C)=P)c(-c2ccc(CC)c(F)c2)n1. The lowest BCUT2D eigenvalue weighted by atomic mass is 10.0. The van der Waals surface area contributed by atoms with Gasteiger partial charge in [0.15, 0.2) is 0 Å². The molecule has 2 nitrogen and oxygen atoms in total. The Labute approximate surface area is 140 Å². The quantitative estimate of drug-likeness (QED) is 0.596. The molecule has 1 aromatic heterocycles. The maximum absolute atomic E-state index is 14.2. The molecule has 2 rings (SSSR count). The zero-order valence-electron chi connectivity index (χ0n) is 14.5. The third-order valence-electron chi connectivity index (χ3n) is 4.31. The summed E-state index contributed by atoms with van der Waals surface area (Å²) in [6, 6.07) is 5.82. The van der Waals surface area contributed by atoms with E-state index in [1.165, 1.54) is 0 Å². The molecule has 0 spiro atoms. The van der Waals surface area contributed by atoms with Gasteiger partial charge in [0, 0.05) is 17.3 Å². The Hall–Kier alpha value is -1.47. The molecule has 0 aliphatic carbocycles. The van der Waals surface area contributed by atoms with E-state index < -0.39 is 0 Å². The molecule has 0 radical (unpaired) electrons. The number of halogens is 1. The summed E-state index contributed by atoms with van der Waals surface area (Å²) in [7, 11) is 3.63. The molecular formula is C19H26FN2P. The Balaban J connectivity index is 2.50. The summed E-state index contributed by atoms with van der Waals surface area (Å²) < 4.78 is 16.2. The Bertz CT molecular complexity index is 691. The van der Waals surface area contributed by atoms with Crippen molar-refractivity contribution in [2.45, 2.75) is 59.4 Å². The van der Waals surface area contributed by atoms with Gasteiger partial charge >= 0.3 is 0 Å². The van der Waals surface area contributed by atoms with E-state index in [0.717, 1.165) is 46.9 Å². The zero-order chi connectivity index (χ0) is 17.0. The molecule has 0 saturated heterocycles. The van der Waals surface area contributed by atoms with Crippen LogP contribution >= 0.6 is 8.86 Å². The number of aryl methyl sites for hydroxylation is 1. The van der Waals surface area contributed by atoms with E-state index in [2.05, 4.69) is 28.9 Å². The molecule has 0 amide bonds. The number of hydrogen-bond donors (Lipinski definition) is 0. The highest BCUT2D eigenvalue weighted by atomic mass is 31.0. The summed E-state index contributed by atoms with van der Waals surface area (Å²) in [6.45, 7) is 8.33. The Morgan fingerprint density at radius 3 is 2.57 bits per heavy atom. The van der Waals surface area contributed by atoms with Crippen molar-refractivity contribution in [1.29, 1.82) is 0 Å². The third kappa shape index (κ3) is 3.90. The van der Waals surface area contributed by atoms with Gasteiger partial charge in [0.05, 0.1) is 6.04 Å². The first-order valence-corrected chi connectivity index (χ1v) is 8.95. The zero-order valence-corrected chi connectivity index (χ0v) is 15.5. The largest absolute Gasteiger partial charge is 0.268 e. The van der Waals surface area contributed by atoms with Crippen LogP contribution < -0.4 is 0 Å². The Morgan fingerprint density at radius 2 is 2.04 bits per heavy atom. The summed E-state index contributed by atoms with van der Waals surface area (Å²) in [5.74, 6) is -0.155. The highest BCUT2D eigenvalue weighted by molar-refractivity contribution is 7.22. The Morgan fingerprint density at radius 1 is 1.30 bits per heavy atom. The average molecular weight is 332 g/mol. The minimum Gasteiger partial charge on any atom is -0.268 e. The fourth-order valence-electron chi connectivity index (χ4n) is 2.90. The van der Waals surface area contributed by atoms with Gasteiger partial charge in [-0.25, -0.2) is 4.39 Å². The maximum atomic E-state index is 14.2. The van der Waals surface area contributed by atoms with E-state index in [4.69, 9.17) is 5.10 Å². The molecule has 0 saturated carbocycles. The van der Waals surface area contributed by atoms with Crippen LogP contribution in [0, 0.1) is 5.82 Å². The van der Waals surface area contributed by atoms with Crippen LogP contribution in [0.4, 0.5) is 4.39 Å². The molecule has 2 aromatic rings. The summed E-state index contributed by atoms with van der Waals surface area (Å²) in [5, 5.41) is 5.80. The normalized spacial score (nSPS) is 12.4. The second-order valence-corrected chi connectivity index (χ2v) is 6.76. The van der Waals surface area contributed by atoms with Crippen LogP contribution in [0.3, 0.4) is 0 Å². The van der Waals surface area contributed by atoms with Crippen molar-refractivity contribution in [1.82, 2.24) is 9.78 Å². The van der Waals surface area contributed by atoms with Gasteiger partial charge in [0.1, 0.15) is 11.5 Å². The fourth-order valence-corrected chi connectivity index (χ4v) is 3.09. The minimum atomic E-state index is -0.155. The predicted octanol–water partition coefficient (Wildman–Crippen LogP) is 5.69. The lowest BCUT2D eigenvalue weighted by Gasteiger charge is -2.14. The molecule has 0 aliphatic rings. The first kappa shape index (κ1) is 17.9. The smallest absolute Gasteiger partial charge is 0.127 e. The van der Waals surface area contributed by atoms with Crippen LogP contribution in [-0.4, -0.2) is 15.1 Å². The first-order chi connectivity index (χ1) is 11.0. The van der Waals surface area contributed by atoms with Crippen molar-refractivity contribution in [2.24, 2.45) is 0 Å². The standard InChI is InChI=1S/C19H26FN2P/c1-5-8-16(7-3)22-12-17(13(4)23)19(21-22)15-10-9-14(6-2)18(20)11-15/h9-12,16,23H,5-8H2,1-4H3. The molecule has 4 heteroatoms. The van der Waals surface area contributed by atoms with Crippen LogP contribution in [0.5, 0.6) is 0 Å². The predicted molar refractivity (Wildman–Crippen MR) is 99.3 cm³/mol. The van der Waals surface area contributed by atoms with Gasteiger partial charge < -0.3 is 0 Å². The van der Waals surface area contributed by atoms with Gasteiger partial charge in [0.2, 0.25) is 0 Å². The summed E-state index contributed by atoms with van der Waals surface area (Å²) in [4.78, 5) is 0. The molecule has 23 heavy (non-hydrogen) atoms. The van der Waals surface area contributed by atoms with Gasteiger partial charge in [-0.2, -0.15) is 5.10 Å². The van der Waals surface area contributed by atoms with E-state index in [9.17, 15) is 4.39 Å². The number of rotatable bonds is 7. The number of aromatic nitrogens is 2. The van der Waals surface area contributed by atoms with Crippen LogP contribution in [0.1, 0.15) is 64.1 Å². The summed E-state index contributed by atoms with van der Waals surface area (Å²) in [6.07, 6.45) is 6.04. The first-order valence-electron chi connectivity index (χ1n) is 8.45. The fraction of sp³-hybridized carbons (Fsp3) is 0.474. The van der Waals surface area contributed by atoms with Gasteiger partial charge in [-0.15, -0.1) is 8.86 Å². The van der Waals surface area contributed by atoms with Crippen LogP contribution in [-0.2, 0) is 6.42 Å². The lowest BCUT2D eigenvalue weighted by molar-refractivity contribution is 0.410. The van der Waals surface area contributed by atoms with Crippen LogP contribution in [0.25, 0.3) is 11.3 Å². The number of benzene rings is 1. The van der Waals surface area contributed by atoms with E-state index in [1.807, 2.05) is 30.7 Å². The van der Waals surface area contributed by atoms with Crippen molar-refractivity contribution in [3.05, 3.63) is 41.3 Å². The molecule has 1 aromatic carbocycles. The van der Waals surface area contributed by atoms with Crippen molar-refractivity contribution in [2.75, 3.05) is 0 Å². The molecule has 1 atom stereocenters. The second kappa shape index (κ2) is 7.88. The molecule has 1 heterocycles. The number of hydrogen-bond acceptors (Lipinski definition) is 1. The molecule has 0 fully saturated rings. The summed E-state index contributed by atoms with van der Waals surface area (Å²) >= 11 is 0. The van der Waals surface area contributed by atoms with E-state index in [1.54, 1.807) is 6.07 Å². The lowest BCUT2D eigenvalue weighted by Crippen LogP contribution is -2.08. The van der Waals surface area contributed by atoms with Gasteiger partial charge in [0.25, 0.3) is 0 Å². The monoisotopic (exact) mass is 332 g/mol. The highest BCUT2D eigenvalue weighted by Crippen LogP contribution is 2.28. The molecule has 124 valence electrons. The molecule has 0 bridgehead atoms. The minimum absolute atomic E-state index is 0.155. The topological polar surface area (TPSA) is 17.8 Å². The molecular weight excluding hydrogens is 306 g/mol. The average Bonchev–Trinajstić information content (AvgIpc) is 2.97. The Kier molecular flexibility index (Phi) is 6.12. The van der Waals surface area contributed by atoms with Gasteiger partial charge in [-0.3, -0.25) is 4.68 Å². The van der Waals surface area contributed by atoms with Crippen molar-refractivity contribution in [3.63, 3.8) is 0 Å². The van der Waals surface area contributed by atoms with Gasteiger partial charge in [-0.05, 0) is 43.1 Å². The highest BCUT2D eigenvalue weighted by Gasteiger charge is 2.17. The molecule has 0 N–H and O–H groups in total. The van der Waals surface area contributed by atoms with E-state index in [-0.39, 0.29) is 5.82 Å². The van der Waals surface area contributed by atoms with Crippen LogP contribution in [0.15, 0.2) is 24.4 Å². The van der Waals surface area contributed by atoms with E-state index >= 15 is 0 Å². The molecule has 1 unspecified atom stereocenters. The van der Waals surface area contributed by atoms with Crippen LogP contribution in [0.2, 0.25) is 0 Å². The molecule has 0 aliphatic heterocycles. The summed E-state index contributed by atoms with van der Waals surface area (Å²) in [5.41, 5.74) is 3.44. The van der Waals surface area contributed by atoms with Crippen molar-refractivity contribution in [3.8, 4) is 11.3 Å². The maximum Gasteiger partial charge on any atom is 0.127 e.